The van der Waals surface area contributed by atoms with Gasteiger partial charge in [0.15, 0.2) is 0 Å². The minimum absolute atomic E-state index is 0.0436. The van der Waals surface area contributed by atoms with E-state index in [2.05, 4.69) is 52.8 Å². The van der Waals surface area contributed by atoms with Gasteiger partial charge in [-0.05, 0) is 28.9 Å². The second kappa shape index (κ2) is 5.53. The molecule has 0 saturated carbocycles. The van der Waals surface area contributed by atoms with Gasteiger partial charge in [0.25, 0.3) is 8.03 Å². The molecule has 2 nitrogen and oxygen atoms in total. The summed E-state index contributed by atoms with van der Waals surface area (Å²) in [5, 5.41) is 0.829. The Kier molecular flexibility index (Phi) is 3.92. The number of rotatable bonds is 2. The molecule has 0 amide bonds. The Labute approximate surface area is 139 Å². The average molecular weight is 328 g/mol. The van der Waals surface area contributed by atoms with Crippen molar-refractivity contribution in [2.75, 3.05) is 0 Å². The van der Waals surface area contributed by atoms with Crippen molar-refractivity contribution in [1.82, 2.24) is 0 Å². The predicted molar refractivity (Wildman–Crippen MR) is 98.2 cm³/mol. The lowest BCUT2D eigenvalue weighted by atomic mass is 9.71. The molecule has 3 heteroatoms. The first-order valence-electron chi connectivity index (χ1n) is 8.14. The van der Waals surface area contributed by atoms with Crippen LogP contribution in [-0.2, 0) is 9.98 Å². The molecule has 2 aromatic carbocycles. The summed E-state index contributed by atoms with van der Waals surface area (Å²) in [7, 11) is -2.24. The Morgan fingerprint density at radius 3 is 2.26 bits per heavy atom. The molecular formula is C20H25O2P. The number of para-hydroxylation sites is 1. The van der Waals surface area contributed by atoms with Crippen molar-refractivity contribution in [1.29, 1.82) is 0 Å². The zero-order valence-corrected chi connectivity index (χ0v) is 15.6. The Balaban J connectivity index is 2.17. The molecule has 0 saturated heterocycles. The SMILES string of the molecule is CC(C)(C)CC(C)(C)c1cccc2c1O[PH](=O)c1ccccc1-2. The van der Waals surface area contributed by atoms with E-state index in [1.807, 2.05) is 24.3 Å². The predicted octanol–water partition coefficient (Wildman–Crippen LogP) is 5.56. The van der Waals surface area contributed by atoms with Gasteiger partial charge >= 0.3 is 0 Å². The molecule has 122 valence electrons. The van der Waals surface area contributed by atoms with E-state index >= 15 is 0 Å². The fourth-order valence-electron chi connectivity index (χ4n) is 3.86. The zero-order valence-electron chi connectivity index (χ0n) is 14.6. The summed E-state index contributed by atoms with van der Waals surface area (Å²) in [5.74, 6) is 0.810. The van der Waals surface area contributed by atoms with Gasteiger partial charge in [0, 0.05) is 11.1 Å². The molecule has 1 aliphatic heterocycles. The quantitative estimate of drug-likeness (QED) is 0.675. The Bertz CT molecular complexity index is 769. The fraction of sp³-hybridized carbons (Fsp3) is 0.400. The van der Waals surface area contributed by atoms with Crippen LogP contribution < -0.4 is 9.83 Å². The van der Waals surface area contributed by atoms with E-state index in [1.54, 1.807) is 0 Å². The van der Waals surface area contributed by atoms with E-state index in [-0.39, 0.29) is 10.8 Å². The monoisotopic (exact) mass is 328 g/mol. The maximum atomic E-state index is 12.6. The normalized spacial score (nSPS) is 17.2. The molecule has 0 bridgehead atoms. The van der Waals surface area contributed by atoms with E-state index in [1.165, 1.54) is 0 Å². The first-order valence-corrected chi connectivity index (χ1v) is 9.46. The van der Waals surface area contributed by atoms with E-state index in [0.717, 1.165) is 34.2 Å². The summed E-state index contributed by atoms with van der Waals surface area (Å²) >= 11 is 0. The molecule has 0 spiro atoms. The van der Waals surface area contributed by atoms with Crippen molar-refractivity contribution in [3.05, 3.63) is 48.0 Å². The van der Waals surface area contributed by atoms with Crippen molar-refractivity contribution < 1.29 is 9.09 Å². The van der Waals surface area contributed by atoms with Crippen LogP contribution in [0.25, 0.3) is 11.1 Å². The van der Waals surface area contributed by atoms with Gasteiger partial charge < -0.3 is 4.52 Å². The molecule has 0 aromatic heterocycles. The van der Waals surface area contributed by atoms with Crippen LogP contribution in [0.2, 0.25) is 0 Å². The molecule has 0 radical (unpaired) electrons. The Hall–Kier alpha value is -1.53. The standard InChI is InChI=1S/C20H25O2P/c1-19(2,3)13-20(4,5)16-11-8-10-15-14-9-6-7-12-17(14)23(21)22-18(15)16/h6-12,23H,13H2,1-5H3. The molecule has 0 N–H and O–H groups in total. The minimum Gasteiger partial charge on any atom is -0.441 e. The smallest absolute Gasteiger partial charge is 0.266 e. The van der Waals surface area contributed by atoms with Gasteiger partial charge in [-0.1, -0.05) is 71.0 Å². The Morgan fingerprint density at radius 2 is 1.57 bits per heavy atom. The number of fused-ring (bicyclic) bond motifs is 3. The summed E-state index contributed by atoms with van der Waals surface area (Å²) < 4.78 is 18.5. The number of hydrogen-bond acceptors (Lipinski definition) is 2. The Morgan fingerprint density at radius 1 is 0.913 bits per heavy atom. The highest BCUT2D eigenvalue weighted by Crippen LogP contribution is 2.49. The highest BCUT2D eigenvalue weighted by molar-refractivity contribution is 7.49. The lowest BCUT2D eigenvalue weighted by molar-refractivity contribution is 0.281. The second-order valence-electron chi connectivity index (χ2n) is 8.24. The molecule has 0 fully saturated rings. The van der Waals surface area contributed by atoms with Gasteiger partial charge in [-0.15, -0.1) is 0 Å². The minimum atomic E-state index is -2.24. The van der Waals surface area contributed by atoms with Gasteiger partial charge in [0.05, 0.1) is 5.30 Å². The number of benzene rings is 2. The third-order valence-electron chi connectivity index (χ3n) is 4.35. The van der Waals surface area contributed by atoms with Crippen molar-refractivity contribution in [3.63, 3.8) is 0 Å². The zero-order chi connectivity index (χ0) is 16.8. The summed E-state index contributed by atoms with van der Waals surface area (Å²) in [6.07, 6.45) is 1.03. The maximum absolute atomic E-state index is 12.6. The lowest BCUT2D eigenvalue weighted by Gasteiger charge is -2.35. The van der Waals surface area contributed by atoms with Gasteiger partial charge in [0.1, 0.15) is 5.75 Å². The van der Waals surface area contributed by atoms with Gasteiger partial charge in [0.2, 0.25) is 0 Å². The summed E-state index contributed by atoms with van der Waals surface area (Å²) in [4.78, 5) is 0. The molecule has 1 heterocycles. The van der Waals surface area contributed by atoms with E-state index < -0.39 is 8.03 Å². The van der Waals surface area contributed by atoms with E-state index in [4.69, 9.17) is 4.52 Å². The first kappa shape index (κ1) is 16.3. The molecule has 1 aliphatic rings. The molecule has 1 atom stereocenters. The molecule has 2 aromatic rings. The molecule has 23 heavy (non-hydrogen) atoms. The molecule has 1 unspecified atom stereocenters. The van der Waals surface area contributed by atoms with E-state index in [9.17, 15) is 4.57 Å². The largest absolute Gasteiger partial charge is 0.441 e. The molecular weight excluding hydrogens is 303 g/mol. The van der Waals surface area contributed by atoms with Crippen molar-refractivity contribution in [2.24, 2.45) is 5.41 Å². The topological polar surface area (TPSA) is 26.3 Å². The average Bonchev–Trinajstić information content (AvgIpc) is 2.44. The lowest BCUT2D eigenvalue weighted by Crippen LogP contribution is -2.26. The van der Waals surface area contributed by atoms with Crippen LogP contribution in [0.4, 0.5) is 0 Å². The number of hydrogen-bond donors (Lipinski definition) is 0. The third-order valence-corrected chi connectivity index (χ3v) is 5.61. The highest BCUT2D eigenvalue weighted by Gasteiger charge is 2.33. The summed E-state index contributed by atoms with van der Waals surface area (Å²) in [6.45, 7) is 11.2. The van der Waals surface area contributed by atoms with Crippen molar-refractivity contribution >= 4 is 13.3 Å². The first-order chi connectivity index (χ1) is 10.7. The highest BCUT2D eigenvalue weighted by atomic mass is 31.1. The van der Waals surface area contributed by atoms with Gasteiger partial charge in [-0.25, -0.2) is 0 Å². The van der Waals surface area contributed by atoms with Crippen LogP contribution in [0.5, 0.6) is 5.75 Å². The van der Waals surface area contributed by atoms with Crippen molar-refractivity contribution in [3.8, 4) is 16.9 Å². The maximum Gasteiger partial charge on any atom is 0.266 e. The van der Waals surface area contributed by atoms with Crippen LogP contribution in [0, 0.1) is 5.41 Å². The molecule has 0 aliphatic carbocycles. The van der Waals surface area contributed by atoms with Crippen LogP contribution >= 0.6 is 8.03 Å². The van der Waals surface area contributed by atoms with E-state index in [0.29, 0.717) is 0 Å². The third kappa shape index (κ3) is 3.10. The summed E-state index contributed by atoms with van der Waals surface area (Å²) in [5.41, 5.74) is 3.43. The van der Waals surface area contributed by atoms with Crippen LogP contribution in [0.1, 0.15) is 46.6 Å². The van der Waals surface area contributed by atoms with Gasteiger partial charge in [-0.3, -0.25) is 4.57 Å². The van der Waals surface area contributed by atoms with Crippen molar-refractivity contribution in [2.45, 2.75) is 46.5 Å². The van der Waals surface area contributed by atoms with Gasteiger partial charge in [-0.2, -0.15) is 0 Å². The second-order valence-corrected chi connectivity index (χ2v) is 9.56. The van der Waals surface area contributed by atoms with Crippen LogP contribution in [0.15, 0.2) is 42.5 Å². The molecule has 3 rings (SSSR count). The van der Waals surface area contributed by atoms with Crippen LogP contribution in [-0.4, -0.2) is 0 Å². The summed E-state index contributed by atoms with van der Waals surface area (Å²) in [6, 6.07) is 14.1. The fourth-order valence-corrected chi connectivity index (χ4v) is 5.04. The van der Waals surface area contributed by atoms with Crippen LogP contribution in [0.3, 0.4) is 0 Å².